The van der Waals surface area contributed by atoms with E-state index >= 15 is 0 Å². The molecule has 0 fully saturated rings. The number of benzene rings is 3. The van der Waals surface area contributed by atoms with Crippen LogP contribution in [-0.2, 0) is 10.1 Å². The summed E-state index contributed by atoms with van der Waals surface area (Å²) in [5.41, 5.74) is 3.24. The third-order valence-electron chi connectivity index (χ3n) is 4.51. The van der Waals surface area contributed by atoms with Gasteiger partial charge in [0.15, 0.2) is 0 Å². The van der Waals surface area contributed by atoms with Gasteiger partial charge in [0.05, 0.1) is 27.0 Å². The number of pyridine rings is 2. The number of fused-ring (bicyclic) bond motifs is 4. The lowest BCUT2D eigenvalue weighted by Gasteiger charge is -2.06. The Morgan fingerprint density at radius 1 is 0.615 bits per heavy atom. The fourth-order valence-corrected chi connectivity index (χ4v) is 3.77. The molecule has 126 valence electrons. The Labute approximate surface area is 148 Å². The molecule has 0 atom stereocenters. The van der Waals surface area contributed by atoms with E-state index in [1.165, 1.54) is 12.1 Å². The molecule has 0 aliphatic heterocycles. The summed E-state index contributed by atoms with van der Waals surface area (Å²) in [6.45, 7) is 0. The maximum Gasteiger partial charge on any atom is 0.294 e. The topological polar surface area (TPSA) is 80.2 Å². The number of aromatic nitrogens is 2. The highest BCUT2D eigenvalue weighted by atomic mass is 32.2. The van der Waals surface area contributed by atoms with Gasteiger partial charge in [0.2, 0.25) is 0 Å². The van der Waals surface area contributed by atoms with Crippen molar-refractivity contribution in [3.63, 3.8) is 0 Å². The summed E-state index contributed by atoms with van der Waals surface area (Å²) in [5, 5.41) is 3.57. The quantitative estimate of drug-likeness (QED) is 0.355. The van der Waals surface area contributed by atoms with Crippen molar-refractivity contribution in [3.8, 4) is 0 Å². The molecule has 0 aliphatic carbocycles. The Bertz CT molecular complexity index is 1460. The molecular formula is C20H12N2O3S. The molecule has 2 heterocycles. The highest BCUT2D eigenvalue weighted by molar-refractivity contribution is 7.85. The fraction of sp³-hybridized carbons (Fsp3) is 0. The van der Waals surface area contributed by atoms with Crippen LogP contribution in [0.4, 0.5) is 0 Å². The zero-order chi connectivity index (χ0) is 17.9. The Morgan fingerprint density at radius 2 is 1.19 bits per heavy atom. The Hall–Kier alpha value is -3.09. The highest BCUT2D eigenvalue weighted by Crippen LogP contribution is 2.27. The first kappa shape index (κ1) is 15.2. The summed E-state index contributed by atoms with van der Waals surface area (Å²) in [7, 11) is -4.25. The normalized spacial score (nSPS) is 12.3. The monoisotopic (exact) mass is 360 g/mol. The van der Waals surface area contributed by atoms with Gasteiger partial charge in [-0.2, -0.15) is 8.42 Å². The second kappa shape index (κ2) is 5.20. The molecule has 26 heavy (non-hydrogen) atoms. The van der Waals surface area contributed by atoms with Crippen LogP contribution in [0.5, 0.6) is 0 Å². The van der Waals surface area contributed by atoms with Crippen molar-refractivity contribution in [2.75, 3.05) is 0 Å². The summed E-state index contributed by atoms with van der Waals surface area (Å²) in [6, 6.07) is 20.2. The van der Waals surface area contributed by atoms with Crippen LogP contribution in [-0.4, -0.2) is 22.9 Å². The van der Waals surface area contributed by atoms with E-state index in [2.05, 4.69) is 11.1 Å². The molecule has 6 heteroatoms. The van der Waals surface area contributed by atoms with Gasteiger partial charge in [0.1, 0.15) is 0 Å². The van der Waals surface area contributed by atoms with Crippen LogP contribution in [0.3, 0.4) is 0 Å². The molecule has 0 unspecified atom stereocenters. The molecule has 1 N–H and O–H groups in total. The number of hydrogen-bond acceptors (Lipinski definition) is 4. The van der Waals surface area contributed by atoms with Crippen LogP contribution in [0.15, 0.2) is 71.6 Å². The van der Waals surface area contributed by atoms with E-state index in [0.29, 0.717) is 10.9 Å². The van der Waals surface area contributed by atoms with E-state index in [1.54, 1.807) is 6.07 Å². The molecule has 0 aliphatic rings. The Morgan fingerprint density at radius 3 is 1.88 bits per heavy atom. The van der Waals surface area contributed by atoms with Crippen LogP contribution in [0, 0.1) is 0 Å². The number of hydrogen-bond donors (Lipinski definition) is 1. The molecule has 0 saturated heterocycles. The molecule has 3 aromatic carbocycles. The third kappa shape index (κ3) is 2.39. The minimum atomic E-state index is -4.25. The molecular weight excluding hydrogens is 348 g/mol. The van der Waals surface area contributed by atoms with Crippen molar-refractivity contribution in [2.45, 2.75) is 4.90 Å². The lowest BCUT2D eigenvalue weighted by atomic mass is 10.1. The van der Waals surface area contributed by atoms with Crippen LogP contribution in [0.25, 0.3) is 43.6 Å². The summed E-state index contributed by atoms with van der Waals surface area (Å²) >= 11 is 0. The number of rotatable bonds is 1. The van der Waals surface area contributed by atoms with Crippen molar-refractivity contribution in [1.29, 1.82) is 0 Å². The average molecular weight is 360 g/mol. The van der Waals surface area contributed by atoms with Crippen molar-refractivity contribution < 1.29 is 13.0 Å². The molecule has 0 spiro atoms. The van der Waals surface area contributed by atoms with Gasteiger partial charge in [-0.3, -0.25) is 4.55 Å². The summed E-state index contributed by atoms with van der Waals surface area (Å²) in [4.78, 5) is 9.19. The predicted molar refractivity (Wildman–Crippen MR) is 102 cm³/mol. The predicted octanol–water partition coefficient (Wildman–Crippen LogP) is 4.34. The number of para-hydroxylation sites is 1. The molecule has 0 saturated carbocycles. The second-order valence-corrected chi connectivity index (χ2v) is 7.66. The minimum Gasteiger partial charge on any atom is -0.282 e. The molecule has 5 nitrogen and oxygen atoms in total. The Balaban J connectivity index is 1.84. The van der Waals surface area contributed by atoms with Gasteiger partial charge >= 0.3 is 0 Å². The highest BCUT2D eigenvalue weighted by Gasteiger charge is 2.11. The van der Waals surface area contributed by atoms with Crippen LogP contribution in [0.1, 0.15) is 0 Å². The molecule has 0 amide bonds. The summed E-state index contributed by atoms with van der Waals surface area (Å²) < 4.78 is 32.0. The second-order valence-electron chi connectivity index (χ2n) is 6.24. The van der Waals surface area contributed by atoms with E-state index < -0.39 is 10.1 Å². The van der Waals surface area contributed by atoms with Gasteiger partial charge in [-0.25, -0.2) is 9.97 Å². The average Bonchev–Trinajstić information content (AvgIpc) is 2.61. The molecule has 0 radical (unpaired) electrons. The van der Waals surface area contributed by atoms with Crippen LogP contribution in [0.2, 0.25) is 0 Å². The van der Waals surface area contributed by atoms with Crippen molar-refractivity contribution in [3.05, 3.63) is 66.7 Å². The molecule has 5 rings (SSSR count). The first-order chi connectivity index (χ1) is 12.5. The SMILES string of the molecule is O=S(=O)(O)c1ccc2nc3cc4cc5ccccc5nc4cc3cc2c1. The van der Waals surface area contributed by atoms with Gasteiger partial charge < -0.3 is 0 Å². The third-order valence-corrected chi connectivity index (χ3v) is 5.36. The first-order valence-corrected chi connectivity index (χ1v) is 9.43. The molecule has 0 bridgehead atoms. The van der Waals surface area contributed by atoms with Crippen LogP contribution >= 0.6 is 0 Å². The van der Waals surface area contributed by atoms with Crippen LogP contribution < -0.4 is 0 Å². The van der Waals surface area contributed by atoms with Crippen molar-refractivity contribution >= 4 is 53.7 Å². The fourth-order valence-electron chi connectivity index (χ4n) is 3.25. The first-order valence-electron chi connectivity index (χ1n) is 7.99. The van der Waals surface area contributed by atoms with Gasteiger partial charge in [0.25, 0.3) is 10.1 Å². The zero-order valence-corrected chi connectivity index (χ0v) is 14.2. The summed E-state index contributed by atoms with van der Waals surface area (Å²) in [5.74, 6) is 0. The maximum atomic E-state index is 11.4. The van der Waals surface area contributed by atoms with Gasteiger partial charge in [-0.05, 0) is 48.5 Å². The Kier molecular flexibility index (Phi) is 3.04. The molecule has 5 aromatic rings. The van der Waals surface area contributed by atoms with E-state index in [1.807, 2.05) is 42.5 Å². The van der Waals surface area contributed by atoms with Gasteiger partial charge in [0, 0.05) is 21.5 Å². The maximum absolute atomic E-state index is 11.4. The lowest BCUT2D eigenvalue weighted by Crippen LogP contribution is -1.97. The standard InChI is InChI=1S/C20H12N2O3S/c23-26(24,25)16-5-6-18-13(9-16)8-15-11-19-14(10-20(15)22-18)7-12-3-1-2-4-17(12)21-19/h1-11H,(H,23,24,25). The van der Waals surface area contributed by atoms with E-state index in [-0.39, 0.29) is 4.90 Å². The van der Waals surface area contributed by atoms with E-state index in [4.69, 9.17) is 4.98 Å². The zero-order valence-electron chi connectivity index (χ0n) is 13.4. The van der Waals surface area contributed by atoms with Crippen molar-refractivity contribution in [2.24, 2.45) is 0 Å². The van der Waals surface area contributed by atoms with E-state index in [0.717, 1.165) is 32.7 Å². The summed E-state index contributed by atoms with van der Waals surface area (Å²) in [6.07, 6.45) is 0. The van der Waals surface area contributed by atoms with Gasteiger partial charge in [-0.15, -0.1) is 0 Å². The number of nitrogens with zero attached hydrogens (tertiary/aromatic N) is 2. The lowest BCUT2D eigenvalue weighted by molar-refractivity contribution is 0.483. The molecule has 2 aromatic heterocycles. The smallest absolute Gasteiger partial charge is 0.282 e. The van der Waals surface area contributed by atoms with Crippen molar-refractivity contribution in [1.82, 2.24) is 9.97 Å². The largest absolute Gasteiger partial charge is 0.294 e. The minimum absolute atomic E-state index is 0.143. The van der Waals surface area contributed by atoms with E-state index in [9.17, 15) is 13.0 Å². The van der Waals surface area contributed by atoms with Gasteiger partial charge in [-0.1, -0.05) is 18.2 Å².